The Morgan fingerprint density at radius 3 is 2.86 bits per heavy atom. The van der Waals surface area contributed by atoms with Crippen molar-refractivity contribution < 1.29 is 9.13 Å². The molecule has 0 amide bonds. The van der Waals surface area contributed by atoms with Gasteiger partial charge in [-0.05, 0) is 31.5 Å². The molecule has 2 aromatic rings. The Kier molecular flexibility index (Phi) is 5.52. The summed E-state index contributed by atoms with van der Waals surface area (Å²) in [5.74, 6) is -0.259. The zero-order chi connectivity index (χ0) is 15.9. The predicted octanol–water partition coefficient (Wildman–Crippen LogP) is 2.87. The van der Waals surface area contributed by atoms with Gasteiger partial charge in [0.1, 0.15) is 0 Å². The van der Waals surface area contributed by atoms with Gasteiger partial charge in [-0.3, -0.25) is 0 Å². The standard InChI is InChI=1S/C16H21FN4O/c1-4-21(13-7-5-6-12(2)10-13)9-8-18-16-19-11-14(17)15(20-16)22-3/h5-7,10-11H,4,8-9H2,1-3H3,(H,18,19,20). The van der Waals surface area contributed by atoms with Gasteiger partial charge in [-0.2, -0.15) is 9.37 Å². The first-order chi connectivity index (χ1) is 10.6. The van der Waals surface area contributed by atoms with Crippen molar-refractivity contribution in [3.8, 4) is 5.88 Å². The molecule has 0 atom stereocenters. The zero-order valence-electron chi connectivity index (χ0n) is 13.1. The third kappa shape index (κ3) is 4.07. The van der Waals surface area contributed by atoms with Crippen molar-refractivity contribution in [3.63, 3.8) is 0 Å². The highest BCUT2D eigenvalue weighted by Gasteiger charge is 2.08. The van der Waals surface area contributed by atoms with Gasteiger partial charge >= 0.3 is 0 Å². The van der Waals surface area contributed by atoms with Crippen molar-refractivity contribution in [2.24, 2.45) is 0 Å². The second-order valence-electron chi connectivity index (χ2n) is 4.90. The SMILES string of the molecule is CCN(CCNc1ncc(F)c(OC)n1)c1cccc(C)c1. The third-order valence-corrected chi connectivity index (χ3v) is 3.32. The van der Waals surface area contributed by atoms with Crippen molar-refractivity contribution in [2.45, 2.75) is 13.8 Å². The number of benzene rings is 1. The van der Waals surface area contributed by atoms with E-state index in [9.17, 15) is 4.39 Å². The second kappa shape index (κ2) is 7.59. The first kappa shape index (κ1) is 16.0. The summed E-state index contributed by atoms with van der Waals surface area (Å²) in [4.78, 5) is 10.1. The van der Waals surface area contributed by atoms with E-state index in [0.717, 1.165) is 19.3 Å². The Morgan fingerprint density at radius 1 is 1.36 bits per heavy atom. The number of hydrogen-bond acceptors (Lipinski definition) is 5. The summed E-state index contributed by atoms with van der Waals surface area (Å²) in [5, 5.41) is 3.09. The van der Waals surface area contributed by atoms with Crippen molar-refractivity contribution in [3.05, 3.63) is 41.8 Å². The molecule has 1 aromatic heterocycles. The molecule has 0 unspecified atom stereocenters. The Hall–Kier alpha value is -2.37. The Balaban J connectivity index is 1.94. The normalized spacial score (nSPS) is 10.4. The van der Waals surface area contributed by atoms with E-state index in [2.05, 4.69) is 58.3 Å². The number of likely N-dealkylation sites (N-methyl/N-ethyl adjacent to an activating group) is 1. The van der Waals surface area contributed by atoms with Crippen LogP contribution < -0.4 is 15.0 Å². The van der Waals surface area contributed by atoms with Gasteiger partial charge in [0.2, 0.25) is 11.8 Å². The van der Waals surface area contributed by atoms with Crippen LogP contribution in [0.25, 0.3) is 0 Å². The molecule has 0 radical (unpaired) electrons. The molecule has 0 saturated carbocycles. The maximum Gasteiger partial charge on any atom is 0.255 e. The van der Waals surface area contributed by atoms with Crippen molar-refractivity contribution in [2.75, 3.05) is 37.0 Å². The lowest BCUT2D eigenvalue weighted by atomic mass is 10.2. The van der Waals surface area contributed by atoms with Gasteiger partial charge in [-0.25, -0.2) is 4.98 Å². The lowest BCUT2D eigenvalue weighted by Gasteiger charge is -2.23. The van der Waals surface area contributed by atoms with E-state index in [4.69, 9.17) is 4.74 Å². The zero-order valence-corrected chi connectivity index (χ0v) is 13.1. The molecule has 0 saturated heterocycles. The van der Waals surface area contributed by atoms with Crippen LogP contribution in [0.5, 0.6) is 5.88 Å². The monoisotopic (exact) mass is 304 g/mol. The van der Waals surface area contributed by atoms with E-state index >= 15 is 0 Å². The first-order valence-electron chi connectivity index (χ1n) is 7.26. The molecular formula is C16H21FN4O. The van der Waals surface area contributed by atoms with Gasteiger partial charge in [0, 0.05) is 25.3 Å². The minimum absolute atomic E-state index is 0.0523. The van der Waals surface area contributed by atoms with E-state index in [-0.39, 0.29) is 5.88 Å². The van der Waals surface area contributed by atoms with E-state index in [1.807, 2.05) is 0 Å². The molecule has 2 rings (SSSR count). The quantitative estimate of drug-likeness (QED) is 0.852. The maximum atomic E-state index is 13.2. The van der Waals surface area contributed by atoms with E-state index in [0.29, 0.717) is 12.5 Å². The smallest absolute Gasteiger partial charge is 0.255 e. The topological polar surface area (TPSA) is 50.3 Å². The minimum Gasteiger partial charge on any atom is -0.479 e. The highest BCUT2D eigenvalue weighted by molar-refractivity contribution is 5.48. The summed E-state index contributed by atoms with van der Waals surface area (Å²) in [7, 11) is 1.38. The lowest BCUT2D eigenvalue weighted by Crippen LogP contribution is -2.29. The summed E-state index contributed by atoms with van der Waals surface area (Å²) >= 11 is 0. The number of nitrogens with one attached hydrogen (secondary N) is 1. The molecule has 5 nitrogen and oxygen atoms in total. The van der Waals surface area contributed by atoms with Crippen LogP contribution in [0.2, 0.25) is 0 Å². The molecule has 22 heavy (non-hydrogen) atoms. The Labute approximate surface area is 130 Å². The summed E-state index contributed by atoms with van der Waals surface area (Å²) in [6, 6.07) is 8.37. The molecule has 0 spiro atoms. The third-order valence-electron chi connectivity index (χ3n) is 3.32. The molecule has 0 aliphatic heterocycles. The van der Waals surface area contributed by atoms with Gasteiger partial charge in [0.25, 0.3) is 5.88 Å². The lowest BCUT2D eigenvalue weighted by molar-refractivity contribution is 0.368. The first-order valence-corrected chi connectivity index (χ1v) is 7.26. The van der Waals surface area contributed by atoms with Gasteiger partial charge in [-0.15, -0.1) is 0 Å². The largest absolute Gasteiger partial charge is 0.479 e. The Bertz CT molecular complexity index is 621. The molecule has 1 heterocycles. The molecule has 0 bridgehead atoms. The summed E-state index contributed by atoms with van der Waals surface area (Å²) in [6.45, 7) is 6.53. The molecule has 1 N–H and O–H groups in total. The number of ether oxygens (including phenoxy) is 1. The molecule has 118 valence electrons. The van der Waals surface area contributed by atoms with Crippen LogP contribution in [0.4, 0.5) is 16.0 Å². The van der Waals surface area contributed by atoms with Gasteiger partial charge < -0.3 is 15.0 Å². The fraction of sp³-hybridized carbons (Fsp3) is 0.375. The Morgan fingerprint density at radius 2 is 2.18 bits per heavy atom. The molecule has 1 aromatic carbocycles. The number of halogens is 1. The van der Waals surface area contributed by atoms with Crippen molar-refractivity contribution in [1.29, 1.82) is 0 Å². The van der Waals surface area contributed by atoms with Crippen molar-refractivity contribution in [1.82, 2.24) is 9.97 Å². The van der Waals surface area contributed by atoms with Gasteiger partial charge in [0.05, 0.1) is 13.3 Å². The van der Waals surface area contributed by atoms with Crippen LogP contribution in [-0.4, -0.2) is 36.7 Å². The summed E-state index contributed by atoms with van der Waals surface area (Å²) in [5.41, 5.74) is 2.41. The predicted molar refractivity (Wildman–Crippen MR) is 86.1 cm³/mol. The summed E-state index contributed by atoms with van der Waals surface area (Å²) < 4.78 is 18.1. The van der Waals surface area contributed by atoms with Crippen LogP contribution in [-0.2, 0) is 0 Å². The molecule has 0 aliphatic rings. The van der Waals surface area contributed by atoms with E-state index < -0.39 is 5.82 Å². The van der Waals surface area contributed by atoms with Crippen LogP contribution in [0.1, 0.15) is 12.5 Å². The van der Waals surface area contributed by atoms with Crippen molar-refractivity contribution >= 4 is 11.6 Å². The number of rotatable bonds is 7. The maximum absolute atomic E-state index is 13.2. The average Bonchev–Trinajstić information content (AvgIpc) is 2.53. The van der Waals surface area contributed by atoms with E-state index in [1.54, 1.807) is 0 Å². The highest BCUT2D eigenvalue weighted by atomic mass is 19.1. The van der Waals surface area contributed by atoms with Crippen LogP contribution in [0.3, 0.4) is 0 Å². The fourth-order valence-electron chi connectivity index (χ4n) is 2.18. The van der Waals surface area contributed by atoms with Gasteiger partial charge in [0.15, 0.2) is 0 Å². The molecule has 6 heteroatoms. The van der Waals surface area contributed by atoms with Crippen LogP contribution in [0, 0.1) is 12.7 Å². The molecular weight excluding hydrogens is 283 g/mol. The average molecular weight is 304 g/mol. The number of anilines is 2. The van der Waals surface area contributed by atoms with Crippen LogP contribution >= 0.6 is 0 Å². The van der Waals surface area contributed by atoms with Gasteiger partial charge in [-0.1, -0.05) is 12.1 Å². The highest BCUT2D eigenvalue weighted by Crippen LogP contribution is 2.16. The number of aryl methyl sites for hydroxylation is 1. The second-order valence-corrected chi connectivity index (χ2v) is 4.90. The number of methoxy groups -OCH3 is 1. The molecule has 0 aliphatic carbocycles. The van der Waals surface area contributed by atoms with E-state index in [1.165, 1.54) is 18.4 Å². The number of nitrogens with zero attached hydrogens (tertiary/aromatic N) is 3. The fourth-order valence-corrected chi connectivity index (χ4v) is 2.18. The van der Waals surface area contributed by atoms with Crippen LogP contribution in [0.15, 0.2) is 30.5 Å². The summed E-state index contributed by atoms with van der Waals surface area (Å²) in [6.07, 6.45) is 1.10. The molecule has 0 fully saturated rings. The minimum atomic E-state index is -0.567. The number of hydrogen-bond donors (Lipinski definition) is 1. The number of aromatic nitrogens is 2.